The van der Waals surface area contributed by atoms with E-state index in [4.69, 9.17) is 28.9 Å². The first-order valence-corrected chi connectivity index (χ1v) is 6.54. The van der Waals surface area contributed by atoms with Crippen LogP contribution in [0.5, 0.6) is 0 Å². The highest BCUT2D eigenvalue weighted by molar-refractivity contribution is 6.35. The largest absolute Gasteiger partial charge is 0.351 e. The lowest BCUT2D eigenvalue weighted by Gasteiger charge is -2.27. The van der Waals surface area contributed by atoms with E-state index in [1.54, 1.807) is 12.1 Å². The van der Waals surface area contributed by atoms with E-state index >= 15 is 0 Å². The lowest BCUT2D eigenvalue weighted by atomic mass is 9.94. The molecule has 1 aromatic rings. The summed E-state index contributed by atoms with van der Waals surface area (Å²) in [6.45, 7) is 4.25. The summed E-state index contributed by atoms with van der Waals surface area (Å²) >= 11 is 12.0. The van der Waals surface area contributed by atoms with Crippen molar-refractivity contribution in [3.05, 3.63) is 33.8 Å². The van der Waals surface area contributed by atoms with Crippen LogP contribution < -0.4 is 11.1 Å². The Kier molecular flexibility index (Phi) is 7.75. The average molecular weight is 326 g/mol. The molecule has 1 rings (SSSR count). The van der Waals surface area contributed by atoms with Crippen LogP contribution in [0.3, 0.4) is 0 Å². The quantitative estimate of drug-likeness (QED) is 0.873. The highest BCUT2D eigenvalue weighted by Crippen LogP contribution is 2.24. The van der Waals surface area contributed by atoms with Gasteiger partial charge in [0.05, 0.1) is 0 Å². The van der Waals surface area contributed by atoms with Gasteiger partial charge in [0.1, 0.15) is 0 Å². The number of benzene rings is 1. The fourth-order valence-corrected chi connectivity index (χ4v) is 2.23. The third kappa shape index (κ3) is 6.48. The standard InChI is InChI=1S/C13H18Cl2N2O.ClH/c1-13(2,17-12(18)5-6-16)8-9-3-4-10(14)7-11(9)15;/h3-4,7H,5-6,8,16H2,1-2H3,(H,17,18);1H. The minimum absolute atomic E-state index is 0. The Hall–Kier alpha value is -0.480. The van der Waals surface area contributed by atoms with Crippen molar-refractivity contribution < 1.29 is 4.79 Å². The molecule has 19 heavy (non-hydrogen) atoms. The molecule has 0 saturated carbocycles. The summed E-state index contributed by atoms with van der Waals surface area (Å²) in [6, 6.07) is 5.37. The van der Waals surface area contributed by atoms with Gasteiger partial charge in [0.15, 0.2) is 0 Å². The van der Waals surface area contributed by atoms with E-state index in [-0.39, 0.29) is 23.9 Å². The molecule has 0 fully saturated rings. The summed E-state index contributed by atoms with van der Waals surface area (Å²) in [7, 11) is 0. The fourth-order valence-electron chi connectivity index (χ4n) is 1.76. The van der Waals surface area contributed by atoms with Crippen molar-refractivity contribution in [3.8, 4) is 0 Å². The van der Waals surface area contributed by atoms with Gasteiger partial charge in [-0.3, -0.25) is 4.79 Å². The molecular formula is C13H19Cl3N2O. The molecule has 1 aromatic carbocycles. The molecule has 0 unspecified atom stereocenters. The van der Waals surface area contributed by atoms with Crippen LogP contribution >= 0.6 is 35.6 Å². The molecular weight excluding hydrogens is 307 g/mol. The summed E-state index contributed by atoms with van der Waals surface area (Å²) in [5, 5.41) is 4.16. The first kappa shape index (κ1) is 18.5. The van der Waals surface area contributed by atoms with Gasteiger partial charge in [-0.05, 0) is 38.0 Å². The third-order valence-electron chi connectivity index (χ3n) is 2.50. The van der Waals surface area contributed by atoms with Gasteiger partial charge >= 0.3 is 0 Å². The van der Waals surface area contributed by atoms with Crippen LogP contribution in [-0.2, 0) is 11.2 Å². The summed E-state index contributed by atoms with van der Waals surface area (Å²) in [6.07, 6.45) is 0.969. The van der Waals surface area contributed by atoms with E-state index in [0.717, 1.165) is 5.56 Å². The number of amides is 1. The zero-order valence-electron chi connectivity index (χ0n) is 11.0. The molecule has 3 nitrogen and oxygen atoms in total. The minimum atomic E-state index is -0.371. The van der Waals surface area contributed by atoms with Crippen molar-refractivity contribution in [2.45, 2.75) is 32.2 Å². The van der Waals surface area contributed by atoms with Crippen LogP contribution in [0.4, 0.5) is 0 Å². The normalized spacial score (nSPS) is 10.8. The molecule has 0 aliphatic carbocycles. The molecule has 0 aliphatic rings. The summed E-state index contributed by atoms with van der Waals surface area (Å²) in [5.41, 5.74) is 5.93. The molecule has 0 bridgehead atoms. The van der Waals surface area contributed by atoms with Crippen LogP contribution in [-0.4, -0.2) is 18.0 Å². The van der Waals surface area contributed by atoms with E-state index in [1.807, 2.05) is 19.9 Å². The van der Waals surface area contributed by atoms with Gasteiger partial charge in [-0.2, -0.15) is 0 Å². The number of halogens is 3. The smallest absolute Gasteiger partial charge is 0.221 e. The highest BCUT2D eigenvalue weighted by atomic mass is 35.5. The molecule has 6 heteroatoms. The number of nitrogens with one attached hydrogen (secondary N) is 1. The van der Waals surface area contributed by atoms with Crippen LogP contribution in [0, 0.1) is 0 Å². The van der Waals surface area contributed by atoms with E-state index in [0.29, 0.717) is 29.4 Å². The van der Waals surface area contributed by atoms with Gasteiger partial charge in [0.25, 0.3) is 0 Å². The third-order valence-corrected chi connectivity index (χ3v) is 3.08. The van der Waals surface area contributed by atoms with Gasteiger partial charge in [0.2, 0.25) is 5.91 Å². The molecule has 0 saturated heterocycles. The average Bonchev–Trinajstić information content (AvgIpc) is 2.21. The Morgan fingerprint density at radius 2 is 2.00 bits per heavy atom. The summed E-state index contributed by atoms with van der Waals surface area (Å²) < 4.78 is 0. The SMILES string of the molecule is CC(C)(Cc1ccc(Cl)cc1Cl)NC(=O)CCN.Cl. The van der Waals surface area contributed by atoms with Gasteiger partial charge in [0, 0.05) is 28.5 Å². The first-order chi connectivity index (χ1) is 8.34. The predicted molar refractivity (Wildman–Crippen MR) is 83.3 cm³/mol. The molecule has 0 heterocycles. The zero-order chi connectivity index (χ0) is 13.8. The van der Waals surface area contributed by atoms with Gasteiger partial charge < -0.3 is 11.1 Å². The zero-order valence-corrected chi connectivity index (χ0v) is 13.3. The lowest BCUT2D eigenvalue weighted by molar-refractivity contribution is -0.122. The first-order valence-electron chi connectivity index (χ1n) is 5.79. The number of carbonyl (C=O) groups excluding carboxylic acids is 1. The van der Waals surface area contributed by atoms with Crippen LogP contribution in [0.15, 0.2) is 18.2 Å². The van der Waals surface area contributed by atoms with Crippen LogP contribution in [0.2, 0.25) is 10.0 Å². The van der Waals surface area contributed by atoms with Gasteiger partial charge in [-0.15, -0.1) is 12.4 Å². The Labute approximate surface area is 130 Å². The second-order valence-electron chi connectivity index (χ2n) is 4.88. The summed E-state index contributed by atoms with van der Waals surface area (Å²) in [4.78, 5) is 11.5. The monoisotopic (exact) mass is 324 g/mol. The molecule has 0 radical (unpaired) electrons. The van der Waals surface area contributed by atoms with Crippen molar-refractivity contribution >= 4 is 41.5 Å². The Morgan fingerprint density at radius 1 is 1.37 bits per heavy atom. The van der Waals surface area contributed by atoms with Gasteiger partial charge in [-0.1, -0.05) is 29.3 Å². The Morgan fingerprint density at radius 3 is 2.53 bits per heavy atom. The van der Waals surface area contributed by atoms with Crippen LogP contribution in [0.25, 0.3) is 0 Å². The predicted octanol–water partition coefficient (Wildman–Crippen LogP) is 3.20. The Balaban J connectivity index is 0.00000324. The van der Waals surface area contributed by atoms with Crippen molar-refractivity contribution in [2.24, 2.45) is 5.73 Å². The fraction of sp³-hybridized carbons (Fsp3) is 0.462. The van der Waals surface area contributed by atoms with E-state index in [9.17, 15) is 4.79 Å². The topological polar surface area (TPSA) is 55.1 Å². The van der Waals surface area contributed by atoms with E-state index in [1.165, 1.54) is 0 Å². The van der Waals surface area contributed by atoms with Crippen molar-refractivity contribution in [3.63, 3.8) is 0 Å². The second-order valence-corrected chi connectivity index (χ2v) is 5.73. The molecule has 0 spiro atoms. The molecule has 1 amide bonds. The van der Waals surface area contributed by atoms with Crippen LogP contribution in [0.1, 0.15) is 25.8 Å². The van der Waals surface area contributed by atoms with Crippen molar-refractivity contribution in [1.29, 1.82) is 0 Å². The van der Waals surface area contributed by atoms with Gasteiger partial charge in [-0.25, -0.2) is 0 Å². The molecule has 3 N–H and O–H groups in total. The number of hydrogen-bond acceptors (Lipinski definition) is 2. The maximum Gasteiger partial charge on any atom is 0.221 e. The number of hydrogen-bond donors (Lipinski definition) is 2. The molecule has 0 aromatic heterocycles. The Bertz CT molecular complexity index is 436. The van der Waals surface area contributed by atoms with E-state index < -0.39 is 0 Å². The van der Waals surface area contributed by atoms with E-state index in [2.05, 4.69) is 5.32 Å². The summed E-state index contributed by atoms with van der Waals surface area (Å²) in [5.74, 6) is -0.0485. The maximum atomic E-state index is 11.5. The molecule has 108 valence electrons. The molecule has 0 aliphatic heterocycles. The highest BCUT2D eigenvalue weighted by Gasteiger charge is 2.21. The van der Waals surface area contributed by atoms with Crippen molar-refractivity contribution in [2.75, 3.05) is 6.54 Å². The second kappa shape index (κ2) is 7.95. The number of rotatable bonds is 5. The maximum absolute atomic E-state index is 11.5. The lowest BCUT2D eigenvalue weighted by Crippen LogP contribution is -2.45. The minimum Gasteiger partial charge on any atom is -0.351 e. The van der Waals surface area contributed by atoms with Crippen molar-refractivity contribution in [1.82, 2.24) is 5.32 Å². The number of nitrogens with two attached hydrogens (primary N) is 1. The molecule has 0 atom stereocenters. The number of carbonyl (C=O) groups is 1.